The molecule has 78 valence electrons. The standard InChI is InChI=1S/C10H20O3/c1-4-6-9(10(11)12)8(3)7-13-5-2/h8-9H,4-7H2,1-3H3,(H,11,12). The van der Waals surface area contributed by atoms with Gasteiger partial charge in [-0.25, -0.2) is 0 Å². The van der Waals surface area contributed by atoms with Crippen molar-refractivity contribution < 1.29 is 14.6 Å². The van der Waals surface area contributed by atoms with Crippen LogP contribution in [0.4, 0.5) is 0 Å². The maximum atomic E-state index is 10.8. The Hall–Kier alpha value is -0.570. The van der Waals surface area contributed by atoms with Crippen molar-refractivity contribution in [3.8, 4) is 0 Å². The number of rotatable bonds is 7. The lowest BCUT2D eigenvalue weighted by atomic mass is 9.91. The molecule has 0 bridgehead atoms. The van der Waals surface area contributed by atoms with Gasteiger partial charge in [-0.3, -0.25) is 4.79 Å². The molecule has 0 aliphatic heterocycles. The molecule has 0 radical (unpaired) electrons. The van der Waals surface area contributed by atoms with Crippen LogP contribution in [0.25, 0.3) is 0 Å². The number of carboxylic acids is 1. The van der Waals surface area contributed by atoms with E-state index in [2.05, 4.69) is 0 Å². The minimum atomic E-state index is -0.700. The Morgan fingerprint density at radius 3 is 2.46 bits per heavy atom. The van der Waals surface area contributed by atoms with Crippen LogP contribution < -0.4 is 0 Å². The first-order chi connectivity index (χ1) is 6.13. The summed E-state index contributed by atoms with van der Waals surface area (Å²) < 4.78 is 5.21. The highest BCUT2D eigenvalue weighted by Crippen LogP contribution is 2.18. The summed E-state index contributed by atoms with van der Waals surface area (Å²) in [5.74, 6) is -0.844. The molecule has 0 fully saturated rings. The quantitative estimate of drug-likeness (QED) is 0.666. The molecule has 3 nitrogen and oxygen atoms in total. The molecule has 0 heterocycles. The maximum absolute atomic E-state index is 10.8. The van der Waals surface area contributed by atoms with Crippen molar-refractivity contribution >= 4 is 5.97 Å². The van der Waals surface area contributed by atoms with Crippen LogP contribution >= 0.6 is 0 Å². The molecule has 0 saturated heterocycles. The van der Waals surface area contributed by atoms with Gasteiger partial charge in [0.2, 0.25) is 0 Å². The fraction of sp³-hybridized carbons (Fsp3) is 0.900. The summed E-state index contributed by atoms with van der Waals surface area (Å²) in [6, 6.07) is 0. The molecule has 0 saturated carbocycles. The van der Waals surface area contributed by atoms with E-state index in [1.54, 1.807) is 0 Å². The lowest BCUT2D eigenvalue weighted by Crippen LogP contribution is -2.25. The fourth-order valence-electron chi connectivity index (χ4n) is 1.38. The first kappa shape index (κ1) is 12.4. The van der Waals surface area contributed by atoms with E-state index in [1.165, 1.54) is 0 Å². The molecule has 1 N–H and O–H groups in total. The van der Waals surface area contributed by atoms with Crippen molar-refractivity contribution in [2.24, 2.45) is 11.8 Å². The van der Waals surface area contributed by atoms with Gasteiger partial charge in [0.25, 0.3) is 0 Å². The Balaban J connectivity index is 3.95. The van der Waals surface area contributed by atoms with Gasteiger partial charge < -0.3 is 9.84 Å². The van der Waals surface area contributed by atoms with Crippen molar-refractivity contribution in [3.63, 3.8) is 0 Å². The highest BCUT2D eigenvalue weighted by Gasteiger charge is 2.23. The van der Waals surface area contributed by atoms with Gasteiger partial charge in [0.1, 0.15) is 0 Å². The minimum absolute atomic E-state index is 0.109. The zero-order valence-electron chi connectivity index (χ0n) is 8.75. The number of aliphatic carboxylic acids is 1. The number of hydrogen-bond acceptors (Lipinski definition) is 2. The summed E-state index contributed by atoms with van der Waals surface area (Å²) in [6.07, 6.45) is 1.65. The minimum Gasteiger partial charge on any atom is -0.481 e. The van der Waals surface area contributed by atoms with Gasteiger partial charge >= 0.3 is 5.97 Å². The second-order valence-electron chi connectivity index (χ2n) is 3.37. The monoisotopic (exact) mass is 188 g/mol. The predicted molar refractivity (Wildman–Crippen MR) is 51.7 cm³/mol. The molecule has 0 aromatic heterocycles. The highest BCUT2D eigenvalue weighted by atomic mass is 16.5. The van der Waals surface area contributed by atoms with E-state index in [4.69, 9.17) is 9.84 Å². The van der Waals surface area contributed by atoms with E-state index in [9.17, 15) is 4.79 Å². The lowest BCUT2D eigenvalue weighted by Gasteiger charge is -2.18. The Morgan fingerprint density at radius 1 is 1.46 bits per heavy atom. The molecule has 2 atom stereocenters. The van der Waals surface area contributed by atoms with Crippen molar-refractivity contribution in [3.05, 3.63) is 0 Å². The summed E-state index contributed by atoms with van der Waals surface area (Å²) >= 11 is 0. The Labute approximate surface area is 80.1 Å². The van der Waals surface area contributed by atoms with E-state index < -0.39 is 5.97 Å². The van der Waals surface area contributed by atoms with E-state index in [1.807, 2.05) is 20.8 Å². The van der Waals surface area contributed by atoms with Crippen molar-refractivity contribution in [2.45, 2.75) is 33.6 Å². The van der Waals surface area contributed by atoms with Gasteiger partial charge in [-0.15, -0.1) is 0 Å². The maximum Gasteiger partial charge on any atom is 0.306 e. The highest BCUT2D eigenvalue weighted by molar-refractivity contribution is 5.70. The first-order valence-electron chi connectivity index (χ1n) is 4.94. The molecular weight excluding hydrogens is 168 g/mol. The molecule has 0 aliphatic rings. The number of hydrogen-bond donors (Lipinski definition) is 1. The molecular formula is C10H20O3. The van der Waals surface area contributed by atoms with Crippen LogP contribution in [0.1, 0.15) is 33.6 Å². The van der Waals surface area contributed by atoms with Crippen LogP contribution in [0.15, 0.2) is 0 Å². The Kier molecular flexibility index (Phi) is 6.59. The summed E-state index contributed by atoms with van der Waals surface area (Å²) in [6.45, 7) is 7.06. The molecule has 3 heteroatoms. The van der Waals surface area contributed by atoms with Crippen molar-refractivity contribution in [1.82, 2.24) is 0 Å². The summed E-state index contributed by atoms with van der Waals surface area (Å²) in [4.78, 5) is 10.8. The molecule has 0 rings (SSSR count). The second-order valence-corrected chi connectivity index (χ2v) is 3.37. The summed E-state index contributed by atoms with van der Waals surface area (Å²) in [5, 5.41) is 8.92. The van der Waals surface area contributed by atoms with Crippen LogP contribution in [0.5, 0.6) is 0 Å². The average Bonchev–Trinajstić information content (AvgIpc) is 2.09. The molecule has 0 aromatic rings. The van der Waals surface area contributed by atoms with E-state index in [0.29, 0.717) is 13.2 Å². The van der Waals surface area contributed by atoms with Gasteiger partial charge in [0.05, 0.1) is 5.92 Å². The van der Waals surface area contributed by atoms with Crippen LogP contribution in [-0.2, 0) is 9.53 Å². The SMILES string of the molecule is CCCC(C(=O)O)C(C)COCC. The third-order valence-corrected chi connectivity index (χ3v) is 2.19. The smallest absolute Gasteiger partial charge is 0.306 e. The average molecular weight is 188 g/mol. The molecule has 2 unspecified atom stereocenters. The zero-order valence-corrected chi connectivity index (χ0v) is 8.75. The fourth-order valence-corrected chi connectivity index (χ4v) is 1.38. The number of carbonyl (C=O) groups is 1. The second kappa shape index (κ2) is 6.89. The Morgan fingerprint density at radius 2 is 2.08 bits per heavy atom. The van der Waals surface area contributed by atoms with Gasteiger partial charge in [-0.1, -0.05) is 20.3 Å². The molecule has 0 amide bonds. The molecule has 0 aliphatic carbocycles. The van der Waals surface area contributed by atoms with Crippen LogP contribution in [0.3, 0.4) is 0 Å². The topological polar surface area (TPSA) is 46.5 Å². The van der Waals surface area contributed by atoms with E-state index in [0.717, 1.165) is 12.8 Å². The largest absolute Gasteiger partial charge is 0.481 e. The third kappa shape index (κ3) is 4.88. The third-order valence-electron chi connectivity index (χ3n) is 2.19. The van der Waals surface area contributed by atoms with E-state index in [-0.39, 0.29) is 11.8 Å². The number of ether oxygens (including phenoxy) is 1. The van der Waals surface area contributed by atoms with Gasteiger partial charge in [0.15, 0.2) is 0 Å². The van der Waals surface area contributed by atoms with Crippen LogP contribution in [0.2, 0.25) is 0 Å². The molecule has 0 spiro atoms. The molecule has 13 heavy (non-hydrogen) atoms. The van der Waals surface area contributed by atoms with Gasteiger partial charge in [-0.2, -0.15) is 0 Å². The van der Waals surface area contributed by atoms with Gasteiger partial charge in [0, 0.05) is 13.2 Å². The Bertz CT molecular complexity index is 145. The van der Waals surface area contributed by atoms with E-state index >= 15 is 0 Å². The van der Waals surface area contributed by atoms with Gasteiger partial charge in [-0.05, 0) is 19.3 Å². The van der Waals surface area contributed by atoms with Crippen LogP contribution in [-0.4, -0.2) is 24.3 Å². The lowest BCUT2D eigenvalue weighted by molar-refractivity contribution is -0.144. The first-order valence-corrected chi connectivity index (χ1v) is 4.94. The van der Waals surface area contributed by atoms with Crippen LogP contribution in [0, 0.1) is 11.8 Å². The predicted octanol–water partition coefficient (Wildman–Crippen LogP) is 2.16. The zero-order chi connectivity index (χ0) is 10.3. The van der Waals surface area contributed by atoms with Crippen molar-refractivity contribution in [2.75, 3.05) is 13.2 Å². The number of carboxylic acid groups (broad SMARTS) is 1. The summed E-state index contributed by atoms with van der Waals surface area (Å²) in [7, 11) is 0. The van der Waals surface area contributed by atoms with Crippen molar-refractivity contribution in [1.29, 1.82) is 0 Å². The summed E-state index contributed by atoms with van der Waals surface area (Å²) in [5.41, 5.74) is 0. The normalized spacial score (nSPS) is 15.3. The molecule has 0 aromatic carbocycles.